The topological polar surface area (TPSA) is 77.1 Å². The van der Waals surface area contributed by atoms with Crippen LogP contribution in [0.15, 0.2) is 28.4 Å². The number of amides is 1. The second-order valence-electron chi connectivity index (χ2n) is 4.01. The van der Waals surface area contributed by atoms with Crippen LogP contribution < -0.4 is 15.9 Å². The highest BCUT2D eigenvalue weighted by molar-refractivity contribution is 7.07. The van der Waals surface area contributed by atoms with Gasteiger partial charge >= 0.3 is 4.87 Å². The zero-order valence-corrected chi connectivity index (χ0v) is 11.7. The van der Waals surface area contributed by atoms with Crippen LogP contribution in [0.1, 0.15) is 5.69 Å². The van der Waals surface area contributed by atoms with E-state index in [-0.39, 0.29) is 17.3 Å². The van der Waals surface area contributed by atoms with Gasteiger partial charge in [0.1, 0.15) is 6.54 Å². The predicted molar refractivity (Wildman–Crippen MR) is 77.8 cm³/mol. The molecule has 5 nitrogen and oxygen atoms in total. The number of nitrogens with two attached hydrogens (primary N) is 1. The first-order valence-corrected chi connectivity index (χ1v) is 6.73. The quantitative estimate of drug-likeness (QED) is 0.852. The number of halogens is 1. The Morgan fingerprint density at radius 1 is 1.53 bits per heavy atom. The van der Waals surface area contributed by atoms with Gasteiger partial charge in [-0.15, -0.1) is 0 Å². The minimum absolute atomic E-state index is 0.0415. The van der Waals surface area contributed by atoms with E-state index in [0.29, 0.717) is 16.4 Å². The number of aromatic nitrogens is 1. The number of nitrogen functional groups attached to an aromatic ring is 1. The summed E-state index contributed by atoms with van der Waals surface area (Å²) in [5.74, 6) is -0.322. The highest BCUT2D eigenvalue weighted by atomic mass is 35.5. The fraction of sp³-hybridized carbons (Fsp3) is 0.167. The van der Waals surface area contributed by atoms with Crippen LogP contribution in [-0.2, 0) is 11.3 Å². The van der Waals surface area contributed by atoms with Crippen molar-refractivity contribution in [1.82, 2.24) is 4.57 Å². The number of nitrogens with zero attached hydrogens (tertiary/aromatic N) is 1. The van der Waals surface area contributed by atoms with Gasteiger partial charge in [-0.05, 0) is 25.1 Å². The zero-order valence-electron chi connectivity index (χ0n) is 10.1. The summed E-state index contributed by atoms with van der Waals surface area (Å²) < 4.78 is 1.40. The average Bonchev–Trinajstić information content (AvgIpc) is 2.65. The number of rotatable bonds is 3. The van der Waals surface area contributed by atoms with E-state index >= 15 is 0 Å². The number of carbonyl (C=O) groups is 1. The van der Waals surface area contributed by atoms with E-state index < -0.39 is 0 Å². The normalized spacial score (nSPS) is 10.4. The Kier molecular flexibility index (Phi) is 3.92. The second kappa shape index (κ2) is 5.46. The van der Waals surface area contributed by atoms with Gasteiger partial charge in [0.25, 0.3) is 0 Å². The van der Waals surface area contributed by atoms with Crippen molar-refractivity contribution in [1.29, 1.82) is 0 Å². The Hall–Kier alpha value is -1.79. The third kappa shape index (κ3) is 3.15. The van der Waals surface area contributed by atoms with Gasteiger partial charge in [-0.2, -0.15) is 0 Å². The van der Waals surface area contributed by atoms with Crippen molar-refractivity contribution >= 4 is 40.2 Å². The molecule has 1 amide bonds. The molecule has 1 heterocycles. The summed E-state index contributed by atoms with van der Waals surface area (Å²) in [4.78, 5) is 23.2. The molecule has 0 radical (unpaired) electrons. The minimum atomic E-state index is -0.322. The fourth-order valence-corrected chi connectivity index (χ4v) is 2.47. The number of aryl methyl sites for hydroxylation is 1. The van der Waals surface area contributed by atoms with E-state index in [9.17, 15) is 9.59 Å². The van der Waals surface area contributed by atoms with Crippen LogP contribution in [-0.4, -0.2) is 10.5 Å². The molecule has 0 fully saturated rings. The molecule has 1 aromatic carbocycles. The van der Waals surface area contributed by atoms with Crippen LogP contribution in [0.4, 0.5) is 11.4 Å². The molecule has 0 unspecified atom stereocenters. The van der Waals surface area contributed by atoms with Crippen molar-refractivity contribution < 1.29 is 4.79 Å². The minimum Gasteiger partial charge on any atom is -0.397 e. The van der Waals surface area contributed by atoms with Gasteiger partial charge in [-0.1, -0.05) is 22.9 Å². The van der Waals surface area contributed by atoms with Crippen LogP contribution in [0, 0.1) is 6.92 Å². The monoisotopic (exact) mass is 297 g/mol. The van der Waals surface area contributed by atoms with Crippen LogP contribution in [0.5, 0.6) is 0 Å². The Morgan fingerprint density at radius 2 is 2.26 bits per heavy atom. The van der Waals surface area contributed by atoms with Crippen LogP contribution >= 0.6 is 22.9 Å². The maximum Gasteiger partial charge on any atom is 0.307 e. The lowest BCUT2D eigenvalue weighted by atomic mass is 10.2. The molecular formula is C12H12ClN3O2S. The standard InChI is InChI=1S/C12H12ClN3O2S/c1-7-6-19-12(18)16(7)5-11(17)15-10-4-8(13)2-3-9(10)14/h2-4,6H,5,14H2,1H3,(H,15,17). The maximum atomic E-state index is 11.9. The Morgan fingerprint density at radius 3 is 2.89 bits per heavy atom. The first-order chi connectivity index (χ1) is 8.97. The summed E-state index contributed by atoms with van der Waals surface area (Å²) in [5, 5.41) is 4.83. The third-order valence-electron chi connectivity index (χ3n) is 2.57. The number of hydrogen-bond acceptors (Lipinski definition) is 4. The number of anilines is 2. The second-order valence-corrected chi connectivity index (χ2v) is 5.27. The van der Waals surface area contributed by atoms with Crippen molar-refractivity contribution in [3.63, 3.8) is 0 Å². The largest absolute Gasteiger partial charge is 0.397 e. The third-order valence-corrected chi connectivity index (χ3v) is 3.68. The lowest BCUT2D eigenvalue weighted by Gasteiger charge is -2.09. The Balaban J connectivity index is 2.14. The van der Waals surface area contributed by atoms with E-state index in [2.05, 4.69) is 5.32 Å². The van der Waals surface area contributed by atoms with Crippen molar-refractivity contribution in [3.05, 3.63) is 44.0 Å². The summed E-state index contributed by atoms with van der Waals surface area (Å²) >= 11 is 6.90. The summed E-state index contributed by atoms with van der Waals surface area (Å²) in [6.45, 7) is 1.74. The molecule has 0 aliphatic carbocycles. The molecule has 100 valence electrons. The van der Waals surface area contributed by atoms with Crippen LogP contribution in [0.3, 0.4) is 0 Å². The van der Waals surface area contributed by atoms with Crippen LogP contribution in [0.2, 0.25) is 5.02 Å². The molecule has 0 saturated carbocycles. The molecule has 2 rings (SSSR count). The van der Waals surface area contributed by atoms with Gasteiger partial charge in [0.05, 0.1) is 11.4 Å². The van der Waals surface area contributed by atoms with Gasteiger partial charge in [0.15, 0.2) is 0 Å². The Labute approximate surface area is 118 Å². The summed E-state index contributed by atoms with van der Waals surface area (Å²) in [7, 11) is 0. The van der Waals surface area contributed by atoms with E-state index in [0.717, 1.165) is 17.0 Å². The summed E-state index contributed by atoms with van der Waals surface area (Å²) in [5.41, 5.74) is 7.35. The number of nitrogens with one attached hydrogen (secondary N) is 1. The molecule has 3 N–H and O–H groups in total. The van der Waals surface area contributed by atoms with Gasteiger partial charge in [0.2, 0.25) is 5.91 Å². The summed E-state index contributed by atoms with van der Waals surface area (Å²) in [6, 6.07) is 4.82. The molecule has 1 aromatic heterocycles. The van der Waals surface area contributed by atoms with Crippen LogP contribution in [0.25, 0.3) is 0 Å². The van der Waals surface area contributed by atoms with Gasteiger partial charge in [-0.3, -0.25) is 14.2 Å². The van der Waals surface area contributed by atoms with Gasteiger partial charge in [0, 0.05) is 16.1 Å². The molecule has 0 aliphatic heterocycles. The fourth-order valence-electron chi connectivity index (χ4n) is 1.57. The molecule has 0 atom stereocenters. The number of benzene rings is 1. The highest BCUT2D eigenvalue weighted by Crippen LogP contribution is 2.22. The molecule has 2 aromatic rings. The first-order valence-electron chi connectivity index (χ1n) is 5.47. The van der Waals surface area contributed by atoms with Gasteiger partial charge < -0.3 is 11.1 Å². The van der Waals surface area contributed by atoms with E-state index in [4.69, 9.17) is 17.3 Å². The molecular weight excluding hydrogens is 286 g/mol. The number of carbonyl (C=O) groups excluding carboxylic acids is 1. The summed E-state index contributed by atoms with van der Waals surface area (Å²) in [6.07, 6.45) is 0. The van der Waals surface area contributed by atoms with Crippen molar-refractivity contribution in [2.24, 2.45) is 0 Å². The average molecular weight is 298 g/mol. The lowest BCUT2D eigenvalue weighted by molar-refractivity contribution is -0.116. The van der Waals surface area contributed by atoms with Crippen molar-refractivity contribution in [3.8, 4) is 0 Å². The Bertz CT molecular complexity index is 678. The van der Waals surface area contributed by atoms with E-state index in [1.165, 1.54) is 4.57 Å². The maximum absolute atomic E-state index is 11.9. The number of hydrogen-bond donors (Lipinski definition) is 2. The molecule has 7 heteroatoms. The molecule has 0 spiro atoms. The van der Waals surface area contributed by atoms with E-state index in [1.54, 1.807) is 30.5 Å². The first kappa shape index (κ1) is 13.6. The molecule has 0 saturated heterocycles. The highest BCUT2D eigenvalue weighted by Gasteiger charge is 2.10. The van der Waals surface area contributed by atoms with Crippen molar-refractivity contribution in [2.75, 3.05) is 11.1 Å². The number of thiazole rings is 1. The molecule has 19 heavy (non-hydrogen) atoms. The SMILES string of the molecule is Cc1csc(=O)n1CC(=O)Nc1cc(Cl)ccc1N. The molecule has 0 aliphatic rings. The lowest BCUT2D eigenvalue weighted by Crippen LogP contribution is -2.25. The van der Waals surface area contributed by atoms with Crippen molar-refractivity contribution in [2.45, 2.75) is 13.5 Å². The van der Waals surface area contributed by atoms with E-state index in [1.807, 2.05) is 0 Å². The predicted octanol–water partition coefficient (Wildman–Crippen LogP) is 2.09. The smallest absolute Gasteiger partial charge is 0.307 e. The zero-order chi connectivity index (χ0) is 14.0. The van der Waals surface area contributed by atoms with Gasteiger partial charge in [-0.25, -0.2) is 0 Å². The molecule has 0 bridgehead atoms.